The maximum atomic E-state index is 11.3. The van der Waals surface area contributed by atoms with Crippen LogP contribution in [0, 0.1) is 12.3 Å². The van der Waals surface area contributed by atoms with Crippen molar-refractivity contribution in [3.05, 3.63) is 35.4 Å². The number of carbonyl (C=O) groups is 1. The summed E-state index contributed by atoms with van der Waals surface area (Å²) in [7, 11) is 0. The van der Waals surface area contributed by atoms with Crippen LogP contribution >= 0.6 is 0 Å². The average Bonchev–Trinajstić information content (AvgIpc) is 2.75. The maximum absolute atomic E-state index is 11.3. The zero-order chi connectivity index (χ0) is 15.6. The van der Waals surface area contributed by atoms with Gasteiger partial charge in [-0.15, -0.1) is 6.42 Å². The van der Waals surface area contributed by atoms with Crippen LogP contribution in [-0.4, -0.2) is 16.1 Å². The average molecular weight is 281 g/mol. The number of terminal acetylenes is 1. The SMILES string of the molecule is C#CCn1nc(-c2ccc(C(C)(C)C)cc2)c(C=O)c1N. The molecule has 0 aliphatic heterocycles. The van der Waals surface area contributed by atoms with Crippen LogP contribution in [0.2, 0.25) is 0 Å². The van der Waals surface area contributed by atoms with E-state index in [2.05, 4.69) is 31.8 Å². The number of benzene rings is 1. The van der Waals surface area contributed by atoms with Gasteiger partial charge < -0.3 is 5.73 Å². The van der Waals surface area contributed by atoms with E-state index in [9.17, 15) is 4.79 Å². The third-order valence-electron chi connectivity index (χ3n) is 3.41. The molecule has 108 valence electrons. The molecule has 21 heavy (non-hydrogen) atoms. The molecule has 0 radical (unpaired) electrons. The summed E-state index contributed by atoms with van der Waals surface area (Å²) in [5, 5.41) is 4.35. The van der Waals surface area contributed by atoms with E-state index in [1.54, 1.807) is 0 Å². The van der Waals surface area contributed by atoms with Crippen molar-refractivity contribution in [2.45, 2.75) is 32.7 Å². The van der Waals surface area contributed by atoms with Crippen molar-refractivity contribution in [3.63, 3.8) is 0 Å². The number of carbonyl (C=O) groups excluding carboxylic acids is 1. The first-order valence-electron chi connectivity index (χ1n) is 6.74. The number of nitrogens with zero attached hydrogens (tertiary/aromatic N) is 2. The molecular formula is C17H19N3O. The summed E-state index contributed by atoms with van der Waals surface area (Å²) in [4.78, 5) is 11.3. The molecule has 0 amide bonds. The molecule has 0 bridgehead atoms. The number of anilines is 1. The molecule has 0 spiro atoms. The van der Waals surface area contributed by atoms with Crippen molar-refractivity contribution in [2.24, 2.45) is 0 Å². The summed E-state index contributed by atoms with van der Waals surface area (Å²) in [5.74, 6) is 2.78. The molecule has 2 aromatic rings. The van der Waals surface area contributed by atoms with Gasteiger partial charge in [0.2, 0.25) is 0 Å². The van der Waals surface area contributed by atoms with Crippen molar-refractivity contribution in [1.29, 1.82) is 0 Å². The first-order valence-corrected chi connectivity index (χ1v) is 6.74. The van der Waals surface area contributed by atoms with E-state index in [0.29, 0.717) is 17.1 Å². The Hall–Kier alpha value is -2.54. The number of hydrogen-bond acceptors (Lipinski definition) is 3. The van der Waals surface area contributed by atoms with Gasteiger partial charge in [-0.2, -0.15) is 5.10 Å². The van der Waals surface area contributed by atoms with E-state index < -0.39 is 0 Å². The second-order valence-electron chi connectivity index (χ2n) is 5.95. The Balaban J connectivity index is 2.49. The fraction of sp³-hybridized carbons (Fsp3) is 0.294. The number of nitrogen functional groups attached to an aromatic ring is 1. The molecule has 0 fully saturated rings. The molecule has 0 saturated carbocycles. The van der Waals surface area contributed by atoms with Gasteiger partial charge in [0, 0.05) is 5.56 Å². The fourth-order valence-electron chi connectivity index (χ4n) is 2.15. The van der Waals surface area contributed by atoms with Gasteiger partial charge in [-0.3, -0.25) is 4.79 Å². The lowest BCUT2D eigenvalue weighted by Gasteiger charge is -2.18. The second-order valence-corrected chi connectivity index (χ2v) is 5.95. The summed E-state index contributed by atoms with van der Waals surface area (Å²) in [6.45, 7) is 6.70. The van der Waals surface area contributed by atoms with Gasteiger partial charge >= 0.3 is 0 Å². The lowest BCUT2D eigenvalue weighted by atomic mass is 9.86. The predicted molar refractivity (Wildman–Crippen MR) is 85.0 cm³/mol. The van der Waals surface area contributed by atoms with Crippen molar-refractivity contribution in [1.82, 2.24) is 9.78 Å². The van der Waals surface area contributed by atoms with Gasteiger partial charge in [0.15, 0.2) is 6.29 Å². The molecule has 0 aliphatic carbocycles. The van der Waals surface area contributed by atoms with Crippen molar-refractivity contribution in [2.75, 3.05) is 5.73 Å². The monoisotopic (exact) mass is 281 g/mol. The largest absolute Gasteiger partial charge is 0.383 e. The van der Waals surface area contributed by atoms with E-state index in [0.717, 1.165) is 11.8 Å². The summed E-state index contributed by atoms with van der Waals surface area (Å²) in [6, 6.07) is 7.99. The zero-order valence-electron chi connectivity index (χ0n) is 12.6. The minimum Gasteiger partial charge on any atom is -0.383 e. The van der Waals surface area contributed by atoms with Crippen LogP contribution in [0.4, 0.5) is 5.82 Å². The zero-order valence-corrected chi connectivity index (χ0v) is 12.6. The Labute approximate surface area is 125 Å². The van der Waals surface area contributed by atoms with Crippen molar-refractivity contribution >= 4 is 12.1 Å². The number of nitrogens with two attached hydrogens (primary N) is 1. The molecular weight excluding hydrogens is 262 g/mol. The molecule has 4 heteroatoms. The van der Waals surface area contributed by atoms with Crippen LogP contribution in [0.1, 0.15) is 36.7 Å². The molecule has 0 saturated heterocycles. The van der Waals surface area contributed by atoms with Crippen molar-refractivity contribution in [3.8, 4) is 23.6 Å². The number of aromatic nitrogens is 2. The summed E-state index contributed by atoms with van der Waals surface area (Å²) in [6.07, 6.45) is 6.01. The Kier molecular flexibility index (Phi) is 3.86. The van der Waals surface area contributed by atoms with E-state index in [-0.39, 0.29) is 12.0 Å². The van der Waals surface area contributed by atoms with Gasteiger partial charge in [-0.1, -0.05) is 51.0 Å². The maximum Gasteiger partial charge on any atom is 0.156 e. The third-order valence-corrected chi connectivity index (χ3v) is 3.41. The van der Waals surface area contributed by atoms with E-state index in [4.69, 9.17) is 12.2 Å². The predicted octanol–water partition coefficient (Wildman–Crippen LogP) is 2.88. The topological polar surface area (TPSA) is 60.9 Å². The smallest absolute Gasteiger partial charge is 0.156 e. The molecule has 0 aliphatic rings. The molecule has 0 unspecified atom stereocenters. The normalized spacial score (nSPS) is 11.1. The molecule has 1 heterocycles. The number of rotatable bonds is 3. The van der Waals surface area contributed by atoms with Crippen LogP contribution in [0.3, 0.4) is 0 Å². The summed E-state index contributed by atoms with van der Waals surface area (Å²) >= 11 is 0. The molecule has 1 aromatic heterocycles. The van der Waals surface area contributed by atoms with Crippen molar-refractivity contribution < 1.29 is 4.79 Å². The first-order chi connectivity index (χ1) is 9.88. The quantitative estimate of drug-likeness (QED) is 0.695. The fourth-order valence-corrected chi connectivity index (χ4v) is 2.15. The van der Waals surface area contributed by atoms with Crippen LogP contribution < -0.4 is 5.73 Å². The van der Waals surface area contributed by atoms with Gasteiger partial charge in [-0.05, 0) is 11.0 Å². The van der Waals surface area contributed by atoms with E-state index in [1.165, 1.54) is 10.2 Å². The minimum absolute atomic E-state index is 0.0773. The number of aldehydes is 1. The molecule has 0 atom stereocenters. The number of hydrogen-bond donors (Lipinski definition) is 1. The highest BCUT2D eigenvalue weighted by molar-refractivity contribution is 5.91. The Morgan fingerprint density at radius 3 is 2.43 bits per heavy atom. The van der Waals surface area contributed by atoms with Gasteiger partial charge in [0.1, 0.15) is 18.1 Å². The molecule has 1 aromatic carbocycles. The highest BCUT2D eigenvalue weighted by Crippen LogP contribution is 2.29. The highest BCUT2D eigenvalue weighted by Gasteiger charge is 2.18. The summed E-state index contributed by atoms with van der Waals surface area (Å²) in [5.41, 5.74) is 9.01. The lowest BCUT2D eigenvalue weighted by molar-refractivity contribution is 0.112. The van der Waals surface area contributed by atoms with Crippen LogP contribution in [0.15, 0.2) is 24.3 Å². The Bertz CT molecular complexity index is 697. The molecule has 2 N–H and O–H groups in total. The minimum atomic E-state index is 0.0773. The van der Waals surface area contributed by atoms with Crippen LogP contribution in [-0.2, 0) is 12.0 Å². The Morgan fingerprint density at radius 1 is 1.33 bits per heavy atom. The molecule has 2 rings (SSSR count). The second kappa shape index (κ2) is 5.45. The van der Waals surface area contributed by atoms with Gasteiger partial charge in [-0.25, -0.2) is 4.68 Å². The third kappa shape index (κ3) is 2.82. The summed E-state index contributed by atoms with van der Waals surface area (Å²) < 4.78 is 1.47. The first kappa shape index (κ1) is 14.9. The standard InChI is InChI=1S/C17H19N3O/c1-5-10-20-16(18)14(11-21)15(19-20)12-6-8-13(9-7-12)17(2,3)4/h1,6-9,11H,10,18H2,2-4H3. The van der Waals surface area contributed by atoms with Gasteiger partial charge in [0.25, 0.3) is 0 Å². The van der Waals surface area contributed by atoms with Crippen LogP contribution in [0.5, 0.6) is 0 Å². The Morgan fingerprint density at radius 2 is 1.95 bits per heavy atom. The van der Waals surface area contributed by atoms with E-state index in [1.807, 2.05) is 24.3 Å². The highest BCUT2D eigenvalue weighted by atomic mass is 16.1. The lowest BCUT2D eigenvalue weighted by Crippen LogP contribution is -2.10. The van der Waals surface area contributed by atoms with Gasteiger partial charge in [0.05, 0.1) is 5.56 Å². The van der Waals surface area contributed by atoms with Crippen LogP contribution in [0.25, 0.3) is 11.3 Å². The molecule has 4 nitrogen and oxygen atoms in total. The van der Waals surface area contributed by atoms with E-state index >= 15 is 0 Å².